The zero-order chi connectivity index (χ0) is 15.6. The summed E-state index contributed by atoms with van der Waals surface area (Å²) in [6.45, 7) is 4.11. The number of amides is 2. The molecule has 21 heavy (non-hydrogen) atoms. The summed E-state index contributed by atoms with van der Waals surface area (Å²) in [5, 5.41) is 11.8. The number of likely N-dealkylation sites (tertiary alicyclic amines) is 1. The van der Waals surface area contributed by atoms with Gasteiger partial charge in [-0.25, -0.2) is 9.59 Å². The Bertz CT molecular complexity index is 562. The summed E-state index contributed by atoms with van der Waals surface area (Å²) in [7, 11) is 0. The Morgan fingerprint density at radius 1 is 1.43 bits per heavy atom. The molecular formula is C15H19BrN2O3. The molecule has 1 fully saturated rings. The maximum atomic E-state index is 12.5. The molecule has 0 saturated carbocycles. The van der Waals surface area contributed by atoms with Crippen molar-refractivity contribution in [3.05, 3.63) is 28.2 Å². The van der Waals surface area contributed by atoms with Gasteiger partial charge in [0.1, 0.15) is 0 Å². The molecule has 2 N–H and O–H groups in total. The molecule has 0 spiro atoms. The van der Waals surface area contributed by atoms with E-state index >= 15 is 0 Å². The van der Waals surface area contributed by atoms with Crippen molar-refractivity contribution < 1.29 is 14.7 Å². The molecule has 2 unspecified atom stereocenters. The van der Waals surface area contributed by atoms with E-state index in [0.717, 1.165) is 19.3 Å². The second-order valence-corrected chi connectivity index (χ2v) is 6.18. The van der Waals surface area contributed by atoms with Crippen molar-refractivity contribution in [1.29, 1.82) is 0 Å². The van der Waals surface area contributed by atoms with E-state index in [4.69, 9.17) is 5.11 Å². The van der Waals surface area contributed by atoms with Crippen molar-refractivity contribution in [3.8, 4) is 0 Å². The summed E-state index contributed by atoms with van der Waals surface area (Å²) in [6, 6.07) is 4.87. The fourth-order valence-corrected chi connectivity index (χ4v) is 3.12. The number of aromatic carboxylic acids is 1. The van der Waals surface area contributed by atoms with Crippen LogP contribution < -0.4 is 5.32 Å². The van der Waals surface area contributed by atoms with Gasteiger partial charge in [-0.05, 0) is 60.3 Å². The molecule has 6 heteroatoms. The van der Waals surface area contributed by atoms with E-state index in [1.54, 1.807) is 6.07 Å². The first kappa shape index (κ1) is 15.8. The van der Waals surface area contributed by atoms with Crippen LogP contribution in [0.3, 0.4) is 0 Å². The van der Waals surface area contributed by atoms with E-state index in [2.05, 4.69) is 28.2 Å². The second-order valence-electron chi connectivity index (χ2n) is 5.33. The number of nitrogens with one attached hydrogen (secondary N) is 1. The Hall–Kier alpha value is -1.56. The molecule has 1 aliphatic heterocycles. The number of carboxylic acids is 1. The molecule has 0 aliphatic carbocycles. The van der Waals surface area contributed by atoms with Crippen molar-refractivity contribution in [2.24, 2.45) is 0 Å². The molecule has 0 radical (unpaired) electrons. The second kappa shape index (κ2) is 6.47. The molecule has 114 valence electrons. The predicted octanol–water partition coefficient (Wildman–Crippen LogP) is 3.94. The summed E-state index contributed by atoms with van der Waals surface area (Å²) < 4.78 is 0.667. The quantitative estimate of drug-likeness (QED) is 0.863. The number of rotatable bonds is 3. The lowest BCUT2D eigenvalue weighted by Crippen LogP contribution is -2.42. The van der Waals surface area contributed by atoms with Gasteiger partial charge in [-0.2, -0.15) is 0 Å². The molecule has 2 rings (SSSR count). The highest BCUT2D eigenvalue weighted by Gasteiger charge is 2.33. The maximum Gasteiger partial charge on any atom is 0.335 e. The van der Waals surface area contributed by atoms with Crippen LogP contribution in [0.15, 0.2) is 22.7 Å². The number of carbonyl (C=O) groups excluding carboxylic acids is 1. The predicted molar refractivity (Wildman–Crippen MR) is 84.7 cm³/mol. The number of halogens is 1. The van der Waals surface area contributed by atoms with Crippen LogP contribution in [0.4, 0.5) is 10.5 Å². The zero-order valence-electron chi connectivity index (χ0n) is 12.1. The Morgan fingerprint density at radius 2 is 2.14 bits per heavy atom. The van der Waals surface area contributed by atoms with Crippen LogP contribution in [-0.2, 0) is 0 Å². The SMILES string of the molecule is CCC1CCC(C)N1C(=O)Nc1cc(C(=O)O)ccc1Br. The molecule has 5 nitrogen and oxygen atoms in total. The first-order valence-corrected chi connectivity index (χ1v) is 7.85. The topological polar surface area (TPSA) is 69.6 Å². The van der Waals surface area contributed by atoms with E-state index in [9.17, 15) is 9.59 Å². The van der Waals surface area contributed by atoms with Crippen LogP contribution >= 0.6 is 15.9 Å². The van der Waals surface area contributed by atoms with Gasteiger partial charge in [0, 0.05) is 16.6 Å². The van der Waals surface area contributed by atoms with Crippen LogP contribution in [0.2, 0.25) is 0 Å². The van der Waals surface area contributed by atoms with Crippen molar-refractivity contribution in [3.63, 3.8) is 0 Å². The fourth-order valence-electron chi connectivity index (χ4n) is 2.77. The van der Waals surface area contributed by atoms with Gasteiger partial charge in [0.15, 0.2) is 0 Å². The highest BCUT2D eigenvalue weighted by atomic mass is 79.9. The molecule has 1 saturated heterocycles. The Morgan fingerprint density at radius 3 is 2.76 bits per heavy atom. The van der Waals surface area contributed by atoms with Crippen molar-refractivity contribution in [2.75, 3.05) is 5.32 Å². The molecule has 2 amide bonds. The average Bonchev–Trinajstić information content (AvgIpc) is 2.82. The van der Waals surface area contributed by atoms with Crippen LogP contribution in [0.5, 0.6) is 0 Å². The molecule has 1 aromatic rings. The summed E-state index contributed by atoms with van der Waals surface area (Å²) in [5.74, 6) is -1.01. The number of benzene rings is 1. The minimum absolute atomic E-state index is 0.148. The number of nitrogens with zero attached hydrogens (tertiary/aromatic N) is 1. The van der Waals surface area contributed by atoms with E-state index in [1.807, 2.05) is 11.8 Å². The van der Waals surface area contributed by atoms with Gasteiger partial charge >= 0.3 is 12.0 Å². The number of hydrogen-bond donors (Lipinski definition) is 2. The third kappa shape index (κ3) is 3.37. The lowest BCUT2D eigenvalue weighted by molar-refractivity contribution is 0.0697. The number of anilines is 1. The normalized spacial score (nSPS) is 21.4. The van der Waals surface area contributed by atoms with Gasteiger partial charge in [-0.1, -0.05) is 6.92 Å². The minimum Gasteiger partial charge on any atom is -0.478 e. The van der Waals surface area contributed by atoms with Crippen molar-refractivity contribution >= 4 is 33.6 Å². The summed E-state index contributed by atoms with van der Waals surface area (Å²) >= 11 is 3.34. The minimum atomic E-state index is -1.01. The van der Waals surface area contributed by atoms with Crippen LogP contribution in [0, 0.1) is 0 Å². The zero-order valence-corrected chi connectivity index (χ0v) is 13.7. The maximum absolute atomic E-state index is 12.5. The molecular weight excluding hydrogens is 336 g/mol. The average molecular weight is 355 g/mol. The van der Waals surface area contributed by atoms with Crippen LogP contribution in [0.1, 0.15) is 43.5 Å². The lowest BCUT2D eigenvalue weighted by atomic mass is 10.1. The number of carbonyl (C=O) groups is 2. The first-order chi connectivity index (χ1) is 9.93. The highest BCUT2D eigenvalue weighted by molar-refractivity contribution is 9.10. The van der Waals surface area contributed by atoms with Gasteiger partial charge in [0.05, 0.1) is 11.3 Å². The number of urea groups is 1. The largest absolute Gasteiger partial charge is 0.478 e. The fraction of sp³-hybridized carbons (Fsp3) is 0.467. The van der Waals surface area contributed by atoms with Gasteiger partial charge in [-0.3, -0.25) is 0 Å². The molecule has 0 aromatic heterocycles. The molecule has 1 aromatic carbocycles. The first-order valence-electron chi connectivity index (χ1n) is 7.06. The third-order valence-corrected chi connectivity index (χ3v) is 4.64. The monoisotopic (exact) mass is 354 g/mol. The van der Waals surface area contributed by atoms with Gasteiger partial charge in [-0.15, -0.1) is 0 Å². The summed E-state index contributed by atoms with van der Waals surface area (Å²) in [4.78, 5) is 25.4. The van der Waals surface area contributed by atoms with Gasteiger partial charge < -0.3 is 15.3 Å². The van der Waals surface area contributed by atoms with Crippen LogP contribution in [-0.4, -0.2) is 34.1 Å². The number of carboxylic acid groups (broad SMARTS) is 1. The molecule has 2 atom stereocenters. The van der Waals surface area contributed by atoms with E-state index in [-0.39, 0.29) is 23.7 Å². The van der Waals surface area contributed by atoms with Crippen LogP contribution in [0.25, 0.3) is 0 Å². The molecule has 1 aliphatic rings. The van der Waals surface area contributed by atoms with E-state index in [1.165, 1.54) is 12.1 Å². The Kier molecular flexibility index (Phi) is 4.88. The summed E-state index contributed by atoms with van der Waals surface area (Å²) in [5.41, 5.74) is 0.629. The van der Waals surface area contributed by atoms with E-state index in [0.29, 0.717) is 10.2 Å². The third-order valence-electron chi connectivity index (χ3n) is 3.95. The standard InChI is InChI=1S/C15H19BrN2O3/c1-3-11-6-4-9(2)18(11)15(21)17-13-8-10(14(19)20)5-7-12(13)16/h5,7-9,11H,3-4,6H2,1-2H3,(H,17,21)(H,19,20). The number of hydrogen-bond acceptors (Lipinski definition) is 2. The highest BCUT2D eigenvalue weighted by Crippen LogP contribution is 2.29. The molecule has 1 heterocycles. The van der Waals surface area contributed by atoms with Crippen molar-refractivity contribution in [1.82, 2.24) is 4.90 Å². The van der Waals surface area contributed by atoms with Gasteiger partial charge in [0.2, 0.25) is 0 Å². The smallest absolute Gasteiger partial charge is 0.335 e. The summed E-state index contributed by atoms with van der Waals surface area (Å²) in [6.07, 6.45) is 2.94. The Labute approximate surface area is 132 Å². The van der Waals surface area contributed by atoms with Gasteiger partial charge in [0.25, 0.3) is 0 Å². The van der Waals surface area contributed by atoms with Crippen molar-refractivity contribution in [2.45, 2.75) is 45.2 Å². The lowest BCUT2D eigenvalue weighted by Gasteiger charge is -2.28. The molecule has 0 bridgehead atoms. The van der Waals surface area contributed by atoms with E-state index < -0.39 is 5.97 Å². The Balaban J connectivity index is 2.19.